The molecule has 1 aliphatic rings. The lowest BCUT2D eigenvalue weighted by Crippen LogP contribution is -2.30. The number of rotatable bonds is 7. The van der Waals surface area contributed by atoms with Crippen LogP contribution in [0.25, 0.3) is 0 Å². The number of likely N-dealkylation sites (tertiary alicyclic amines) is 1. The minimum atomic E-state index is 0.480. The molecule has 1 aliphatic heterocycles. The highest BCUT2D eigenvalue weighted by molar-refractivity contribution is 5.66. The molecule has 0 saturated carbocycles. The molecule has 0 spiro atoms. The molecule has 21 heavy (non-hydrogen) atoms. The van der Waals surface area contributed by atoms with E-state index in [2.05, 4.69) is 34.2 Å². The number of nitrogens with zero attached hydrogens (tertiary/aromatic N) is 3. The second kappa shape index (κ2) is 8.02. The number of aromatic nitrogens is 2. The van der Waals surface area contributed by atoms with Crippen LogP contribution < -0.4 is 15.8 Å². The number of ether oxygens (including phenoxy) is 1. The number of nitrogens with two attached hydrogens (primary N) is 1. The minimum absolute atomic E-state index is 0.480. The monoisotopic (exact) mass is 293 g/mol. The molecule has 1 saturated heterocycles. The Morgan fingerprint density at radius 3 is 2.86 bits per heavy atom. The normalized spacial score (nSPS) is 16.9. The predicted octanol–water partition coefficient (Wildman–Crippen LogP) is 1.99. The number of anilines is 2. The van der Waals surface area contributed by atoms with Gasteiger partial charge in [-0.05, 0) is 51.7 Å². The van der Waals surface area contributed by atoms with Gasteiger partial charge in [-0.2, -0.15) is 4.98 Å². The van der Waals surface area contributed by atoms with Crippen molar-refractivity contribution >= 4 is 11.5 Å². The number of hydrogen-bond acceptors (Lipinski definition) is 6. The minimum Gasteiger partial charge on any atom is -0.476 e. The van der Waals surface area contributed by atoms with E-state index in [9.17, 15) is 0 Å². The van der Waals surface area contributed by atoms with E-state index >= 15 is 0 Å². The van der Waals surface area contributed by atoms with Crippen LogP contribution in [0.1, 0.15) is 32.6 Å². The third-order valence-electron chi connectivity index (χ3n) is 3.97. The first-order valence-electron chi connectivity index (χ1n) is 7.86. The Hall–Kier alpha value is -1.56. The van der Waals surface area contributed by atoms with Crippen LogP contribution in [0.4, 0.5) is 11.5 Å². The topological polar surface area (TPSA) is 76.3 Å². The maximum absolute atomic E-state index is 6.04. The summed E-state index contributed by atoms with van der Waals surface area (Å²) in [6.07, 6.45) is 6.15. The van der Waals surface area contributed by atoms with Crippen molar-refractivity contribution in [1.82, 2.24) is 14.9 Å². The van der Waals surface area contributed by atoms with Crippen LogP contribution in [0.2, 0.25) is 0 Å². The van der Waals surface area contributed by atoms with Gasteiger partial charge in [-0.3, -0.25) is 0 Å². The van der Waals surface area contributed by atoms with Gasteiger partial charge in [-0.1, -0.05) is 6.92 Å². The molecule has 6 heteroatoms. The Labute approximate surface area is 127 Å². The van der Waals surface area contributed by atoms with Crippen molar-refractivity contribution in [3.63, 3.8) is 0 Å². The molecule has 0 amide bonds. The molecule has 1 aromatic rings. The summed E-state index contributed by atoms with van der Waals surface area (Å²) in [5, 5.41) is 3.32. The molecule has 1 aromatic heterocycles. The average Bonchev–Trinajstić information content (AvgIpc) is 2.50. The first-order valence-corrected chi connectivity index (χ1v) is 7.86. The molecule has 3 N–H and O–H groups in total. The third kappa shape index (κ3) is 4.74. The van der Waals surface area contributed by atoms with Gasteiger partial charge in [-0.15, -0.1) is 0 Å². The van der Waals surface area contributed by atoms with Gasteiger partial charge in [0.2, 0.25) is 5.88 Å². The molecule has 0 bridgehead atoms. The molecular weight excluding hydrogens is 266 g/mol. The summed E-state index contributed by atoms with van der Waals surface area (Å²) in [6, 6.07) is 0. The van der Waals surface area contributed by atoms with Crippen molar-refractivity contribution in [3.05, 3.63) is 6.33 Å². The number of piperidine rings is 1. The summed E-state index contributed by atoms with van der Waals surface area (Å²) in [6.45, 7) is 5.97. The second-order valence-electron chi connectivity index (χ2n) is 5.75. The second-order valence-corrected chi connectivity index (χ2v) is 5.75. The van der Waals surface area contributed by atoms with Crippen LogP contribution in [0.15, 0.2) is 6.33 Å². The van der Waals surface area contributed by atoms with Crippen LogP contribution in [0, 0.1) is 5.92 Å². The Morgan fingerprint density at radius 2 is 2.14 bits per heavy atom. The zero-order chi connectivity index (χ0) is 15.1. The van der Waals surface area contributed by atoms with E-state index in [-0.39, 0.29) is 0 Å². The SMILES string of the molecule is CCCOc1ncnc(NCCC2CCN(C)CC2)c1N. The standard InChI is InChI=1S/C15H27N5O/c1-3-10-21-15-13(16)14(18-11-19-15)17-7-4-12-5-8-20(2)9-6-12/h11-12H,3-10,16H2,1-2H3,(H,17,18,19). The maximum Gasteiger partial charge on any atom is 0.242 e. The summed E-state index contributed by atoms with van der Waals surface area (Å²) in [5.74, 6) is 1.96. The third-order valence-corrected chi connectivity index (χ3v) is 3.97. The van der Waals surface area contributed by atoms with Crippen molar-refractivity contribution in [2.24, 2.45) is 5.92 Å². The van der Waals surface area contributed by atoms with Gasteiger partial charge >= 0.3 is 0 Å². The Kier molecular flexibility index (Phi) is 6.04. The maximum atomic E-state index is 6.04. The fourth-order valence-electron chi connectivity index (χ4n) is 2.58. The van der Waals surface area contributed by atoms with Crippen LogP contribution in [0.5, 0.6) is 5.88 Å². The van der Waals surface area contributed by atoms with E-state index in [0.717, 1.165) is 25.3 Å². The van der Waals surface area contributed by atoms with Crippen LogP contribution in [-0.2, 0) is 0 Å². The zero-order valence-electron chi connectivity index (χ0n) is 13.1. The first kappa shape index (κ1) is 15.8. The largest absolute Gasteiger partial charge is 0.476 e. The van der Waals surface area contributed by atoms with E-state index in [1.54, 1.807) is 0 Å². The van der Waals surface area contributed by atoms with Gasteiger partial charge < -0.3 is 20.7 Å². The highest BCUT2D eigenvalue weighted by Gasteiger charge is 2.16. The molecule has 1 fully saturated rings. The average molecular weight is 293 g/mol. The quantitative estimate of drug-likeness (QED) is 0.800. The van der Waals surface area contributed by atoms with Crippen molar-refractivity contribution in [1.29, 1.82) is 0 Å². The molecule has 2 heterocycles. The highest BCUT2D eigenvalue weighted by Crippen LogP contribution is 2.25. The van der Waals surface area contributed by atoms with Gasteiger partial charge in [0, 0.05) is 6.54 Å². The van der Waals surface area contributed by atoms with Gasteiger partial charge in [0.25, 0.3) is 0 Å². The Bertz CT molecular complexity index is 432. The van der Waals surface area contributed by atoms with Crippen molar-refractivity contribution in [3.8, 4) is 5.88 Å². The summed E-state index contributed by atoms with van der Waals surface area (Å²) in [5.41, 5.74) is 6.55. The van der Waals surface area contributed by atoms with E-state index in [0.29, 0.717) is 24.0 Å². The number of nitrogens with one attached hydrogen (secondary N) is 1. The van der Waals surface area contributed by atoms with Gasteiger partial charge in [0.05, 0.1) is 6.61 Å². The van der Waals surface area contributed by atoms with Crippen LogP contribution >= 0.6 is 0 Å². The van der Waals surface area contributed by atoms with Crippen molar-refractivity contribution in [2.75, 3.05) is 44.3 Å². The Morgan fingerprint density at radius 1 is 1.38 bits per heavy atom. The highest BCUT2D eigenvalue weighted by atomic mass is 16.5. The molecule has 2 rings (SSSR count). The van der Waals surface area contributed by atoms with Crippen molar-refractivity contribution in [2.45, 2.75) is 32.6 Å². The summed E-state index contributed by atoms with van der Waals surface area (Å²) < 4.78 is 5.51. The van der Waals surface area contributed by atoms with Crippen LogP contribution in [-0.4, -0.2) is 48.2 Å². The molecule has 118 valence electrons. The van der Waals surface area contributed by atoms with Crippen LogP contribution in [0.3, 0.4) is 0 Å². The van der Waals surface area contributed by atoms with Crippen molar-refractivity contribution < 1.29 is 4.74 Å². The van der Waals surface area contributed by atoms with Gasteiger partial charge in [0.15, 0.2) is 5.82 Å². The summed E-state index contributed by atoms with van der Waals surface area (Å²) in [4.78, 5) is 10.7. The molecule has 0 aromatic carbocycles. The van der Waals surface area contributed by atoms with E-state index in [1.807, 2.05) is 0 Å². The van der Waals surface area contributed by atoms with E-state index in [4.69, 9.17) is 10.5 Å². The molecule has 0 aliphatic carbocycles. The van der Waals surface area contributed by atoms with Gasteiger partial charge in [0.1, 0.15) is 12.0 Å². The predicted molar refractivity (Wildman–Crippen MR) is 85.6 cm³/mol. The van der Waals surface area contributed by atoms with E-state index in [1.165, 1.54) is 32.3 Å². The lowest BCUT2D eigenvalue weighted by molar-refractivity contribution is 0.215. The number of nitrogen functional groups attached to an aromatic ring is 1. The fourth-order valence-corrected chi connectivity index (χ4v) is 2.58. The van der Waals surface area contributed by atoms with E-state index < -0.39 is 0 Å². The number of hydrogen-bond donors (Lipinski definition) is 2. The zero-order valence-corrected chi connectivity index (χ0v) is 13.1. The lowest BCUT2D eigenvalue weighted by atomic mass is 9.94. The Balaban J connectivity index is 1.80. The first-order chi connectivity index (χ1) is 10.2. The fraction of sp³-hybridized carbons (Fsp3) is 0.733. The molecule has 0 radical (unpaired) electrons. The summed E-state index contributed by atoms with van der Waals surface area (Å²) in [7, 11) is 2.19. The molecular formula is C15H27N5O. The summed E-state index contributed by atoms with van der Waals surface area (Å²) >= 11 is 0. The lowest BCUT2D eigenvalue weighted by Gasteiger charge is -2.28. The molecule has 0 unspecified atom stereocenters. The van der Waals surface area contributed by atoms with Gasteiger partial charge in [-0.25, -0.2) is 4.98 Å². The molecule has 6 nitrogen and oxygen atoms in total. The smallest absolute Gasteiger partial charge is 0.242 e. The molecule has 0 atom stereocenters.